The molecule has 0 radical (unpaired) electrons. The summed E-state index contributed by atoms with van der Waals surface area (Å²) in [5.74, 6) is -0.442. The number of hydrogen-bond donors (Lipinski definition) is 0. The van der Waals surface area contributed by atoms with E-state index in [1.165, 1.54) is 0 Å². The summed E-state index contributed by atoms with van der Waals surface area (Å²) in [6.45, 7) is 2.04. The van der Waals surface area contributed by atoms with Gasteiger partial charge >= 0.3 is 5.97 Å². The molecule has 22 heavy (non-hydrogen) atoms. The van der Waals surface area contributed by atoms with E-state index >= 15 is 0 Å². The van der Waals surface area contributed by atoms with Crippen molar-refractivity contribution in [3.8, 4) is 5.69 Å². The van der Waals surface area contributed by atoms with Gasteiger partial charge in [0.15, 0.2) is 5.69 Å². The van der Waals surface area contributed by atoms with Crippen LogP contribution in [0, 0.1) is 0 Å². The average Bonchev–Trinajstić information content (AvgIpc) is 2.86. The summed E-state index contributed by atoms with van der Waals surface area (Å²) in [4.78, 5) is 12.3. The first-order valence-electron chi connectivity index (χ1n) is 6.71. The van der Waals surface area contributed by atoms with E-state index in [2.05, 4.69) is 5.10 Å². The van der Waals surface area contributed by atoms with Crippen LogP contribution in [0.1, 0.15) is 17.4 Å². The van der Waals surface area contributed by atoms with Crippen molar-refractivity contribution in [1.82, 2.24) is 9.78 Å². The monoisotopic (exact) mass is 334 g/mol. The molecular weight excluding hydrogens is 323 g/mol. The highest BCUT2D eigenvalue weighted by Gasteiger charge is 2.21. The van der Waals surface area contributed by atoms with Gasteiger partial charge in [-0.3, -0.25) is 0 Å². The first kappa shape index (κ1) is 14.9. The second-order valence-electron chi connectivity index (χ2n) is 4.62. The van der Waals surface area contributed by atoms with Crippen molar-refractivity contribution in [3.05, 3.63) is 58.2 Å². The van der Waals surface area contributed by atoms with Crippen LogP contribution in [0.2, 0.25) is 10.0 Å². The summed E-state index contributed by atoms with van der Waals surface area (Å²) < 4.78 is 6.70. The summed E-state index contributed by atoms with van der Waals surface area (Å²) in [7, 11) is 0. The van der Waals surface area contributed by atoms with Crippen molar-refractivity contribution >= 4 is 40.1 Å². The van der Waals surface area contributed by atoms with Crippen LogP contribution >= 0.6 is 23.2 Å². The van der Waals surface area contributed by atoms with Crippen molar-refractivity contribution in [3.63, 3.8) is 0 Å². The number of nitrogens with zero attached hydrogens (tertiary/aromatic N) is 2. The Morgan fingerprint density at radius 2 is 1.82 bits per heavy atom. The van der Waals surface area contributed by atoms with Crippen LogP contribution in [0.5, 0.6) is 0 Å². The van der Waals surface area contributed by atoms with Crippen molar-refractivity contribution in [2.24, 2.45) is 0 Å². The lowest BCUT2D eigenvalue weighted by Gasteiger charge is -2.07. The molecule has 0 bridgehead atoms. The van der Waals surface area contributed by atoms with Crippen LogP contribution in [0.25, 0.3) is 16.6 Å². The summed E-state index contributed by atoms with van der Waals surface area (Å²) in [6.07, 6.45) is 0. The molecule has 1 aromatic heterocycles. The molecule has 0 amide bonds. The molecule has 0 spiro atoms. The quantitative estimate of drug-likeness (QED) is 0.662. The Labute approximate surface area is 137 Å². The molecule has 112 valence electrons. The fourth-order valence-electron chi connectivity index (χ4n) is 2.22. The van der Waals surface area contributed by atoms with Gasteiger partial charge in [0, 0.05) is 15.4 Å². The van der Waals surface area contributed by atoms with E-state index in [1.807, 2.05) is 0 Å². The maximum absolute atomic E-state index is 12.3. The first-order valence-corrected chi connectivity index (χ1v) is 7.47. The highest BCUT2D eigenvalue weighted by atomic mass is 35.5. The van der Waals surface area contributed by atoms with Crippen LogP contribution < -0.4 is 0 Å². The molecular formula is C16H12Cl2N2O2. The van der Waals surface area contributed by atoms with Crippen LogP contribution in [0.3, 0.4) is 0 Å². The minimum atomic E-state index is -0.442. The number of aromatic nitrogens is 2. The zero-order valence-electron chi connectivity index (χ0n) is 11.7. The number of hydrogen-bond acceptors (Lipinski definition) is 3. The van der Waals surface area contributed by atoms with Crippen LogP contribution in [0.15, 0.2) is 42.5 Å². The number of ether oxygens (including phenoxy) is 1. The molecule has 3 rings (SSSR count). The normalized spacial score (nSPS) is 10.9. The van der Waals surface area contributed by atoms with E-state index in [1.54, 1.807) is 54.1 Å². The Morgan fingerprint density at radius 1 is 1.14 bits per heavy atom. The van der Waals surface area contributed by atoms with Gasteiger partial charge in [0.1, 0.15) is 0 Å². The zero-order chi connectivity index (χ0) is 15.7. The summed E-state index contributed by atoms with van der Waals surface area (Å²) >= 11 is 12.0. The van der Waals surface area contributed by atoms with Gasteiger partial charge in [0.2, 0.25) is 0 Å². The third-order valence-electron chi connectivity index (χ3n) is 3.17. The van der Waals surface area contributed by atoms with Gasteiger partial charge in [-0.15, -0.1) is 0 Å². The molecule has 0 saturated heterocycles. The second-order valence-corrected chi connectivity index (χ2v) is 5.49. The van der Waals surface area contributed by atoms with E-state index < -0.39 is 5.97 Å². The molecule has 0 N–H and O–H groups in total. The van der Waals surface area contributed by atoms with E-state index in [0.29, 0.717) is 26.6 Å². The van der Waals surface area contributed by atoms with Gasteiger partial charge in [-0.2, -0.15) is 5.10 Å². The molecule has 6 heteroatoms. The Balaban J connectivity index is 2.26. The van der Waals surface area contributed by atoms with Crippen molar-refractivity contribution < 1.29 is 9.53 Å². The molecule has 1 heterocycles. The van der Waals surface area contributed by atoms with Crippen molar-refractivity contribution in [2.75, 3.05) is 6.61 Å². The van der Waals surface area contributed by atoms with Crippen LogP contribution in [0.4, 0.5) is 0 Å². The maximum Gasteiger partial charge on any atom is 0.357 e. The fourth-order valence-corrected chi connectivity index (χ4v) is 2.52. The molecule has 0 saturated carbocycles. The predicted molar refractivity (Wildman–Crippen MR) is 87.0 cm³/mol. The third kappa shape index (κ3) is 2.67. The Hall–Kier alpha value is -2.04. The van der Waals surface area contributed by atoms with Crippen LogP contribution in [-0.2, 0) is 4.74 Å². The number of esters is 1. The van der Waals surface area contributed by atoms with Gasteiger partial charge in [-0.05, 0) is 49.4 Å². The van der Waals surface area contributed by atoms with Gasteiger partial charge in [0.25, 0.3) is 0 Å². The molecule has 0 fully saturated rings. The molecule has 0 aliphatic heterocycles. The lowest BCUT2D eigenvalue weighted by molar-refractivity contribution is 0.0518. The average molecular weight is 335 g/mol. The van der Waals surface area contributed by atoms with E-state index in [4.69, 9.17) is 27.9 Å². The summed E-state index contributed by atoms with van der Waals surface area (Å²) in [5, 5.41) is 6.27. The summed E-state index contributed by atoms with van der Waals surface area (Å²) in [6, 6.07) is 12.3. The van der Waals surface area contributed by atoms with Crippen LogP contribution in [-0.4, -0.2) is 22.4 Å². The maximum atomic E-state index is 12.3. The fraction of sp³-hybridized carbons (Fsp3) is 0.125. The first-order chi connectivity index (χ1) is 10.6. The standard InChI is InChI=1S/C16H12Cl2N2O2/c1-2-22-16(21)15-13-9-11(18)5-8-14(13)19-20(15)12-6-3-10(17)4-7-12/h3-9H,2H2,1H3. The molecule has 4 nitrogen and oxygen atoms in total. The Kier molecular flexibility index (Phi) is 4.05. The van der Waals surface area contributed by atoms with Crippen molar-refractivity contribution in [2.45, 2.75) is 6.92 Å². The molecule has 0 aliphatic carbocycles. The van der Waals surface area contributed by atoms with E-state index in [-0.39, 0.29) is 6.61 Å². The zero-order valence-corrected chi connectivity index (χ0v) is 13.2. The molecule has 3 aromatic rings. The lowest BCUT2D eigenvalue weighted by atomic mass is 10.2. The van der Waals surface area contributed by atoms with Gasteiger partial charge in [-0.1, -0.05) is 23.2 Å². The minimum absolute atomic E-state index is 0.284. The number of rotatable bonds is 3. The summed E-state index contributed by atoms with van der Waals surface area (Å²) in [5.41, 5.74) is 1.74. The number of carbonyl (C=O) groups is 1. The smallest absolute Gasteiger partial charge is 0.357 e. The largest absolute Gasteiger partial charge is 0.461 e. The van der Waals surface area contributed by atoms with Gasteiger partial charge in [-0.25, -0.2) is 9.48 Å². The van der Waals surface area contributed by atoms with Gasteiger partial charge < -0.3 is 4.74 Å². The number of benzene rings is 2. The number of halogens is 2. The topological polar surface area (TPSA) is 44.1 Å². The highest BCUT2D eigenvalue weighted by molar-refractivity contribution is 6.31. The molecule has 0 unspecified atom stereocenters. The SMILES string of the molecule is CCOC(=O)c1c2cc(Cl)ccc2nn1-c1ccc(Cl)cc1. The number of carbonyl (C=O) groups excluding carboxylic acids is 1. The Bertz CT molecular complexity index is 841. The third-order valence-corrected chi connectivity index (χ3v) is 3.66. The second kappa shape index (κ2) is 5.99. The van der Waals surface area contributed by atoms with E-state index in [0.717, 1.165) is 5.69 Å². The predicted octanol–water partition coefficient (Wildman–Crippen LogP) is 4.51. The molecule has 2 aromatic carbocycles. The highest BCUT2D eigenvalue weighted by Crippen LogP contribution is 2.26. The minimum Gasteiger partial charge on any atom is -0.461 e. The van der Waals surface area contributed by atoms with E-state index in [9.17, 15) is 4.79 Å². The molecule has 0 atom stereocenters. The van der Waals surface area contributed by atoms with Gasteiger partial charge in [0.05, 0.1) is 17.8 Å². The number of fused-ring (bicyclic) bond motifs is 1. The Morgan fingerprint density at radius 3 is 2.50 bits per heavy atom. The molecule has 0 aliphatic rings. The van der Waals surface area contributed by atoms with Crippen molar-refractivity contribution in [1.29, 1.82) is 0 Å². The lowest BCUT2D eigenvalue weighted by Crippen LogP contribution is -2.12.